The Morgan fingerprint density at radius 2 is 1.90 bits per heavy atom. The molecular formula is C17H28N2S. The molecule has 2 aliphatic carbocycles. The van der Waals surface area contributed by atoms with E-state index >= 15 is 0 Å². The second-order valence-corrected chi connectivity index (χ2v) is 7.57. The van der Waals surface area contributed by atoms with E-state index in [-0.39, 0.29) is 0 Å². The third-order valence-corrected chi connectivity index (χ3v) is 6.28. The molecule has 2 fully saturated rings. The molecule has 3 N–H and O–H groups in total. The predicted molar refractivity (Wildman–Crippen MR) is 87.0 cm³/mol. The van der Waals surface area contributed by atoms with Crippen molar-refractivity contribution in [2.24, 2.45) is 17.6 Å². The SMILES string of the molecule is NCC1CCCCC1NC(c1cccs1)C1CCCC1. The molecule has 3 atom stereocenters. The number of hydrogen-bond donors (Lipinski definition) is 2. The average molecular weight is 292 g/mol. The molecule has 0 amide bonds. The van der Waals surface area contributed by atoms with E-state index < -0.39 is 0 Å². The van der Waals surface area contributed by atoms with Crippen LogP contribution in [-0.4, -0.2) is 12.6 Å². The molecule has 0 aromatic carbocycles. The van der Waals surface area contributed by atoms with E-state index in [9.17, 15) is 0 Å². The zero-order chi connectivity index (χ0) is 13.8. The fraction of sp³-hybridized carbons (Fsp3) is 0.765. The quantitative estimate of drug-likeness (QED) is 0.858. The van der Waals surface area contributed by atoms with Crippen LogP contribution >= 0.6 is 11.3 Å². The lowest BCUT2D eigenvalue weighted by atomic mass is 9.83. The van der Waals surface area contributed by atoms with E-state index in [1.54, 1.807) is 4.88 Å². The third kappa shape index (κ3) is 3.26. The van der Waals surface area contributed by atoms with Crippen LogP contribution in [-0.2, 0) is 0 Å². The van der Waals surface area contributed by atoms with Gasteiger partial charge in [-0.05, 0) is 55.5 Å². The average Bonchev–Trinajstić information content (AvgIpc) is 3.18. The van der Waals surface area contributed by atoms with Crippen molar-refractivity contribution in [1.82, 2.24) is 5.32 Å². The number of thiophene rings is 1. The highest BCUT2D eigenvalue weighted by atomic mass is 32.1. The molecule has 2 nitrogen and oxygen atoms in total. The highest BCUT2D eigenvalue weighted by Gasteiger charge is 2.32. The minimum absolute atomic E-state index is 0.578. The Hall–Kier alpha value is -0.380. The van der Waals surface area contributed by atoms with Gasteiger partial charge in [0.1, 0.15) is 0 Å². The van der Waals surface area contributed by atoms with Gasteiger partial charge in [0.15, 0.2) is 0 Å². The van der Waals surface area contributed by atoms with Crippen LogP contribution in [0.4, 0.5) is 0 Å². The van der Waals surface area contributed by atoms with Crippen LogP contribution in [0.3, 0.4) is 0 Å². The molecular weight excluding hydrogens is 264 g/mol. The molecule has 0 aliphatic heterocycles. The fourth-order valence-corrected chi connectivity index (χ4v) is 5.03. The summed E-state index contributed by atoms with van der Waals surface area (Å²) >= 11 is 1.92. The van der Waals surface area contributed by atoms with E-state index in [1.807, 2.05) is 11.3 Å². The Balaban J connectivity index is 1.72. The highest BCUT2D eigenvalue weighted by Crippen LogP contribution is 2.39. The lowest BCUT2D eigenvalue weighted by molar-refractivity contribution is 0.222. The zero-order valence-electron chi connectivity index (χ0n) is 12.4. The van der Waals surface area contributed by atoms with Gasteiger partial charge in [-0.1, -0.05) is 31.7 Å². The van der Waals surface area contributed by atoms with Crippen molar-refractivity contribution >= 4 is 11.3 Å². The van der Waals surface area contributed by atoms with Gasteiger partial charge in [0, 0.05) is 17.0 Å². The van der Waals surface area contributed by atoms with Gasteiger partial charge in [0.05, 0.1) is 0 Å². The van der Waals surface area contributed by atoms with Gasteiger partial charge in [-0.3, -0.25) is 0 Å². The molecule has 2 aliphatic rings. The Labute approximate surface area is 127 Å². The summed E-state index contributed by atoms with van der Waals surface area (Å²) < 4.78 is 0. The number of nitrogens with two attached hydrogens (primary N) is 1. The lowest BCUT2D eigenvalue weighted by Crippen LogP contribution is -2.44. The van der Waals surface area contributed by atoms with E-state index in [1.165, 1.54) is 51.4 Å². The first-order chi connectivity index (χ1) is 9.88. The molecule has 1 heterocycles. The Morgan fingerprint density at radius 3 is 2.60 bits per heavy atom. The Bertz CT molecular complexity index is 384. The van der Waals surface area contributed by atoms with Crippen molar-refractivity contribution in [2.45, 2.75) is 63.5 Å². The van der Waals surface area contributed by atoms with E-state index in [2.05, 4.69) is 22.8 Å². The summed E-state index contributed by atoms with van der Waals surface area (Å²) in [4.78, 5) is 1.54. The van der Waals surface area contributed by atoms with Crippen LogP contribution in [0.1, 0.15) is 62.3 Å². The van der Waals surface area contributed by atoms with Crippen LogP contribution in [0, 0.1) is 11.8 Å². The summed E-state index contributed by atoms with van der Waals surface area (Å²) in [7, 11) is 0. The maximum absolute atomic E-state index is 6.00. The molecule has 3 heteroatoms. The highest BCUT2D eigenvalue weighted by molar-refractivity contribution is 7.10. The summed E-state index contributed by atoms with van der Waals surface area (Å²) in [5.74, 6) is 1.53. The molecule has 3 unspecified atom stereocenters. The van der Waals surface area contributed by atoms with Crippen LogP contribution in [0.25, 0.3) is 0 Å². The molecule has 2 saturated carbocycles. The van der Waals surface area contributed by atoms with Gasteiger partial charge in [0.25, 0.3) is 0 Å². The van der Waals surface area contributed by atoms with Gasteiger partial charge in [-0.25, -0.2) is 0 Å². The third-order valence-electron chi connectivity index (χ3n) is 5.33. The number of rotatable bonds is 5. The van der Waals surface area contributed by atoms with Gasteiger partial charge in [-0.2, -0.15) is 0 Å². The van der Waals surface area contributed by atoms with Crippen LogP contribution in [0.15, 0.2) is 17.5 Å². The topological polar surface area (TPSA) is 38.0 Å². The molecule has 0 spiro atoms. The van der Waals surface area contributed by atoms with Crippen molar-refractivity contribution in [3.05, 3.63) is 22.4 Å². The van der Waals surface area contributed by atoms with E-state index in [0.29, 0.717) is 18.0 Å². The van der Waals surface area contributed by atoms with Crippen molar-refractivity contribution in [3.63, 3.8) is 0 Å². The minimum Gasteiger partial charge on any atom is -0.330 e. The van der Waals surface area contributed by atoms with Crippen molar-refractivity contribution in [2.75, 3.05) is 6.54 Å². The maximum Gasteiger partial charge on any atom is 0.0445 e. The lowest BCUT2D eigenvalue weighted by Gasteiger charge is -2.36. The van der Waals surface area contributed by atoms with Gasteiger partial charge < -0.3 is 11.1 Å². The van der Waals surface area contributed by atoms with Crippen LogP contribution in [0.2, 0.25) is 0 Å². The second kappa shape index (κ2) is 7.06. The molecule has 0 radical (unpaired) electrons. The van der Waals surface area contributed by atoms with Gasteiger partial charge >= 0.3 is 0 Å². The fourth-order valence-electron chi connectivity index (χ4n) is 4.15. The predicted octanol–water partition coefficient (Wildman–Crippen LogP) is 4.09. The number of hydrogen-bond acceptors (Lipinski definition) is 3. The standard InChI is InChI=1S/C17H28N2S/c18-12-14-8-3-4-9-15(14)19-17(13-6-1-2-7-13)16-10-5-11-20-16/h5,10-11,13-15,17,19H,1-4,6-9,12,18H2. The summed E-state index contributed by atoms with van der Waals surface area (Å²) in [6.45, 7) is 0.847. The Kier molecular flexibility index (Phi) is 5.14. The van der Waals surface area contributed by atoms with Crippen molar-refractivity contribution in [3.8, 4) is 0 Å². The monoisotopic (exact) mass is 292 g/mol. The first-order valence-corrected chi connectivity index (χ1v) is 9.26. The summed E-state index contributed by atoms with van der Waals surface area (Å²) in [5, 5.41) is 6.25. The van der Waals surface area contributed by atoms with Crippen LogP contribution < -0.4 is 11.1 Å². The first-order valence-electron chi connectivity index (χ1n) is 8.38. The largest absolute Gasteiger partial charge is 0.330 e. The molecule has 20 heavy (non-hydrogen) atoms. The Morgan fingerprint density at radius 1 is 1.15 bits per heavy atom. The molecule has 112 valence electrons. The van der Waals surface area contributed by atoms with Crippen LogP contribution in [0.5, 0.6) is 0 Å². The molecule has 1 aromatic rings. The smallest absolute Gasteiger partial charge is 0.0445 e. The van der Waals surface area contributed by atoms with E-state index in [0.717, 1.165) is 12.5 Å². The van der Waals surface area contributed by atoms with Crippen molar-refractivity contribution < 1.29 is 0 Å². The summed E-state index contributed by atoms with van der Waals surface area (Å²) in [6, 6.07) is 5.74. The number of nitrogens with one attached hydrogen (secondary N) is 1. The second-order valence-electron chi connectivity index (χ2n) is 6.59. The normalized spacial score (nSPS) is 29.6. The summed E-state index contributed by atoms with van der Waals surface area (Å²) in [5.41, 5.74) is 6.00. The maximum atomic E-state index is 6.00. The first kappa shape index (κ1) is 14.6. The molecule has 3 rings (SSSR count). The molecule has 0 saturated heterocycles. The van der Waals surface area contributed by atoms with Gasteiger partial charge in [0.2, 0.25) is 0 Å². The molecule has 1 aromatic heterocycles. The molecule has 0 bridgehead atoms. The zero-order valence-corrected chi connectivity index (χ0v) is 13.2. The summed E-state index contributed by atoms with van der Waals surface area (Å²) in [6.07, 6.45) is 11.0. The van der Waals surface area contributed by atoms with Crippen molar-refractivity contribution in [1.29, 1.82) is 0 Å². The minimum atomic E-state index is 0.578. The van der Waals surface area contributed by atoms with E-state index in [4.69, 9.17) is 5.73 Å². The van der Waals surface area contributed by atoms with Gasteiger partial charge in [-0.15, -0.1) is 11.3 Å².